The maximum Gasteiger partial charge on any atom is 0.273 e. The van der Waals surface area contributed by atoms with Crippen molar-refractivity contribution >= 4 is 17.4 Å². The van der Waals surface area contributed by atoms with Gasteiger partial charge in [-0.25, -0.2) is 9.97 Å². The molecule has 25 heavy (non-hydrogen) atoms. The molecule has 2 aromatic rings. The fourth-order valence-electron chi connectivity index (χ4n) is 2.26. The number of hydrogen-bond acceptors (Lipinski definition) is 6. The van der Waals surface area contributed by atoms with Crippen molar-refractivity contribution in [3.63, 3.8) is 0 Å². The third kappa shape index (κ3) is 4.82. The lowest BCUT2D eigenvalue weighted by Crippen LogP contribution is -2.28. The van der Waals surface area contributed by atoms with Crippen molar-refractivity contribution in [2.75, 3.05) is 33.1 Å². The largest absolute Gasteiger partial charge is 0.493 e. The summed E-state index contributed by atoms with van der Waals surface area (Å²) in [6.45, 7) is 2.80. The van der Waals surface area contributed by atoms with Crippen LogP contribution in [0.3, 0.4) is 0 Å². The number of benzene rings is 1. The van der Waals surface area contributed by atoms with Crippen molar-refractivity contribution in [2.45, 2.75) is 19.8 Å². The zero-order chi connectivity index (χ0) is 18.2. The van der Waals surface area contributed by atoms with E-state index in [1.807, 2.05) is 6.07 Å². The predicted molar refractivity (Wildman–Crippen MR) is 96.7 cm³/mol. The molecule has 0 fully saturated rings. The number of anilines is 2. The first kappa shape index (κ1) is 18.5. The molecule has 0 saturated heterocycles. The van der Waals surface area contributed by atoms with Gasteiger partial charge in [0, 0.05) is 25.3 Å². The number of carbonyl (C=O) groups is 1. The monoisotopic (exact) mass is 344 g/mol. The molecular formula is C18H24N4O3. The first-order chi connectivity index (χ1) is 12.1. The maximum absolute atomic E-state index is 12.2. The molecule has 1 N–H and O–H groups in total. The molecule has 0 bridgehead atoms. The Hall–Kier alpha value is -2.83. The minimum absolute atomic E-state index is 0.126. The fraction of sp³-hybridized carbons (Fsp3) is 0.389. The number of rotatable bonds is 8. The van der Waals surface area contributed by atoms with Gasteiger partial charge in [0.1, 0.15) is 11.5 Å². The van der Waals surface area contributed by atoms with E-state index in [1.165, 1.54) is 12.4 Å². The summed E-state index contributed by atoms with van der Waals surface area (Å²) in [7, 11) is 4.94. The molecule has 7 nitrogen and oxygen atoms in total. The molecule has 2 rings (SSSR count). The molecule has 0 saturated carbocycles. The van der Waals surface area contributed by atoms with E-state index in [0.29, 0.717) is 29.6 Å². The summed E-state index contributed by atoms with van der Waals surface area (Å²) in [4.78, 5) is 22.4. The van der Waals surface area contributed by atoms with Crippen LogP contribution in [0.5, 0.6) is 11.5 Å². The Kier molecular flexibility index (Phi) is 6.56. The molecule has 134 valence electrons. The number of nitrogens with one attached hydrogen (secondary N) is 1. The molecular weight excluding hydrogens is 320 g/mol. The van der Waals surface area contributed by atoms with E-state index >= 15 is 0 Å². The van der Waals surface area contributed by atoms with Crippen LogP contribution in [-0.4, -0.2) is 48.6 Å². The summed E-state index contributed by atoms with van der Waals surface area (Å²) in [5.41, 5.74) is 1.11. The Morgan fingerprint density at radius 3 is 2.52 bits per heavy atom. The van der Waals surface area contributed by atoms with Crippen molar-refractivity contribution in [1.29, 1.82) is 0 Å². The molecule has 0 radical (unpaired) electrons. The van der Waals surface area contributed by atoms with Gasteiger partial charge in [-0.15, -0.1) is 0 Å². The van der Waals surface area contributed by atoms with E-state index in [1.54, 1.807) is 38.3 Å². The number of hydrogen-bond donors (Lipinski definition) is 1. The van der Waals surface area contributed by atoms with Crippen LogP contribution in [0.2, 0.25) is 0 Å². The van der Waals surface area contributed by atoms with Gasteiger partial charge < -0.3 is 19.7 Å². The highest BCUT2D eigenvalue weighted by Gasteiger charge is 2.13. The van der Waals surface area contributed by atoms with Crippen molar-refractivity contribution in [1.82, 2.24) is 14.9 Å². The van der Waals surface area contributed by atoms with Gasteiger partial charge in [-0.3, -0.25) is 4.79 Å². The number of methoxy groups -OCH3 is 2. The second-order valence-corrected chi connectivity index (χ2v) is 5.56. The third-order valence-electron chi connectivity index (χ3n) is 3.72. The molecule has 1 aromatic carbocycles. The summed E-state index contributed by atoms with van der Waals surface area (Å²) < 4.78 is 10.5. The first-order valence-corrected chi connectivity index (χ1v) is 8.15. The van der Waals surface area contributed by atoms with E-state index in [4.69, 9.17) is 9.47 Å². The van der Waals surface area contributed by atoms with Crippen LogP contribution in [-0.2, 0) is 0 Å². The highest BCUT2D eigenvalue weighted by molar-refractivity contribution is 5.91. The number of amides is 1. The van der Waals surface area contributed by atoms with E-state index < -0.39 is 0 Å². The van der Waals surface area contributed by atoms with Crippen molar-refractivity contribution in [3.8, 4) is 11.5 Å². The normalized spacial score (nSPS) is 10.2. The van der Waals surface area contributed by atoms with Gasteiger partial charge in [-0.05, 0) is 18.6 Å². The standard InChI is InChI=1S/C18H24N4O3/c1-5-6-9-22(2)18(23)14-11-20-17(12-19-14)21-13-7-8-15(24-3)16(10-13)25-4/h7-8,10-12H,5-6,9H2,1-4H3,(H,20,21). The van der Waals surface area contributed by atoms with Crippen LogP contribution in [0.1, 0.15) is 30.3 Å². The second-order valence-electron chi connectivity index (χ2n) is 5.56. The average molecular weight is 344 g/mol. The van der Waals surface area contributed by atoms with Gasteiger partial charge >= 0.3 is 0 Å². The minimum atomic E-state index is -0.126. The Bertz CT molecular complexity index is 704. The number of aromatic nitrogens is 2. The maximum atomic E-state index is 12.2. The zero-order valence-corrected chi connectivity index (χ0v) is 15.1. The Morgan fingerprint density at radius 1 is 1.16 bits per heavy atom. The zero-order valence-electron chi connectivity index (χ0n) is 15.1. The van der Waals surface area contributed by atoms with Gasteiger partial charge in [0.2, 0.25) is 0 Å². The summed E-state index contributed by atoms with van der Waals surface area (Å²) in [6, 6.07) is 5.45. The lowest BCUT2D eigenvalue weighted by atomic mass is 10.2. The van der Waals surface area contributed by atoms with Crippen LogP contribution in [0, 0.1) is 0 Å². The van der Waals surface area contributed by atoms with Gasteiger partial charge in [0.25, 0.3) is 5.91 Å². The quantitative estimate of drug-likeness (QED) is 0.793. The number of unbranched alkanes of at least 4 members (excludes halogenated alkanes) is 1. The Morgan fingerprint density at radius 2 is 1.92 bits per heavy atom. The topological polar surface area (TPSA) is 76.6 Å². The smallest absolute Gasteiger partial charge is 0.273 e. The molecule has 0 aliphatic carbocycles. The molecule has 1 aromatic heterocycles. The molecule has 1 heterocycles. The lowest BCUT2D eigenvalue weighted by Gasteiger charge is -2.16. The second kappa shape index (κ2) is 8.86. The molecule has 0 aliphatic heterocycles. The minimum Gasteiger partial charge on any atom is -0.493 e. The Labute approximate surface area is 148 Å². The summed E-state index contributed by atoms with van der Waals surface area (Å²) in [6.07, 6.45) is 5.03. The molecule has 1 amide bonds. The van der Waals surface area contributed by atoms with Gasteiger partial charge in [0.15, 0.2) is 11.5 Å². The summed E-state index contributed by atoms with van der Waals surface area (Å²) in [5, 5.41) is 3.13. The molecule has 0 unspecified atom stereocenters. The number of ether oxygens (including phenoxy) is 2. The highest BCUT2D eigenvalue weighted by atomic mass is 16.5. The molecule has 7 heteroatoms. The lowest BCUT2D eigenvalue weighted by molar-refractivity contribution is 0.0787. The van der Waals surface area contributed by atoms with Crippen LogP contribution < -0.4 is 14.8 Å². The first-order valence-electron chi connectivity index (χ1n) is 8.15. The van der Waals surface area contributed by atoms with Gasteiger partial charge in [0.05, 0.1) is 26.6 Å². The molecule has 0 spiro atoms. The van der Waals surface area contributed by atoms with Crippen molar-refractivity contribution in [3.05, 3.63) is 36.3 Å². The molecule has 0 atom stereocenters. The Balaban J connectivity index is 2.06. The molecule has 0 aliphatic rings. The van der Waals surface area contributed by atoms with Crippen LogP contribution in [0.4, 0.5) is 11.5 Å². The van der Waals surface area contributed by atoms with Crippen LogP contribution in [0.15, 0.2) is 30.6 Å². The fourth-order valence-corrected chi connectivity index (χ4v) is 2.26. The van der Waals surface area contributed by atoms with Crippen molar-refractivity contribution in [2.24, 2.45) is 0 Å². The van der Waals surface area contributed by atoms with E-state index in [9.17, 15) is 4.79 Å². The third-order valence-corrected chi connectivity index (χ3v) is 3.72. The van der Waals surface area contributed by atoms with Gasteiger partial charge in [-0.1, -0.05) is 13.3 Å². The van der Waals surface area contributed by atoms with Gasteiger partial charge in [-0.2, -0.15) is 0 Å². The average Bonchev–Trinajstić information content (AvgIpc) is 2.66. The van der Waals surface area contributed by atoms with Crippen LogP contribution in [0.25, 0.3) is 0 Å². The van der Waals surface area contributed by atoms with Crippen molar-refractivity contribution < 1.29 is 14.3 Å². The number of carbonyl (C=O) groups excluding carboxylic acids is 1. The van der Waals surface area contributed by atoms with E-state index in [2.05, 4.69) is 22.2 Å². The highest BCUT2D eigenvalue weighted by Crippen LogP contribution is 2.30. The summed E-state index contributed by atoms with van der Waals surface area (Å²) in [5.74, 6) is 1.68. The van der Waals surface area contributed by atoms with E-state index in [-0.39, 0.29) is 5.91 Å². The predicted octanol–water partition coefficient (Wildman–Crippen LogP) is 3.11. The van der Waals surface area contributed by atoms with E-state index in [0.717, 1.165) is 18.5 Å². The number of nitrogens with zero attached hydrogens (tertiary/aromatic N) is 3. The SMILES string of the molecule is CCCCN(C)C(=O)c1cnc(Nc2ccc(OC)c(OC)c2)cn1. The van der Waals surface area contributed by atoms with Crippen LogP contribution >= 0.6 is 0 Å². The summed E-state index contributed by atoms with van der Waals surface area (Å²) >= 11 is 0.